The molecule has 0 aromatic heterocycles. The van der Waals surface area contributed by atoms with E-state index in [0.29, 0.717) is 6.42 Å². The number of rotatable bonds is 5. The van der Waals surface area contributed by atoms with Crippen molar-refractivity contribution in [2.75, 3.05) is 5.32 Å². The predicted octanol–water partition coefficient (Wildman–Crippen LogP) is 3.67. The zero-order chi connectivity index (χ0) is 15.5. The van der Waals surface area contributed by atoms with Gasteiger partial charge < -0.3 is 10.4 Å². The molecule has 0 saturated heterocycles. The van der Waals surface area contributed by atoms with Gasteiger partial charge >= 0.3 is 5.97 Å². The van der Waals surface area contributed by atoms with Gasteiger partial charge in [-0.2, -0.15) is 0 Å². The number of aliphatic carboxylic acids is 1. The molecule has 1 amide bonds. The molecule has 0 atom stereocenters. The molecule has 21 heavy (non-hydrogen) atoms. The van der Waals surface area contributed by atoms with Crippen LogP contribution in [0, 0.1) is 19.3 Å². The van der Waals surface area contributed by atoms with Gasteiger partial charge in [-0.05, 0) is 55.4 Å². The molecule has 1 aliphatic rings. The summed E-state index contributed by atoms with van der Waals surface area (Å²) in [5.74, 6) is -0.891. The van der Waals surface area contributed by atoms with Crippen molar-refractivity contribution >= 4 is 17.6 Å². The number of benzene rings is 1. The van der Waals surface area contributed by atoms with E-state index in [4.69, 9.17) is 5.11 Å². The second-order valence-corrected chi connectivity index (χ2v) is 6.30. The summed E-state index contributed by atoms with van der Waals surface area (Å²) in [7, 11) is 0. The zero-order valence-electron chi connectivity index (χ0n) is 12.7. The van der Waals surface area contributed by atoms with E-state index in [9.17, 15) is 9.59 Å². The van der Waals surface area contributed by atoms with E-state index < -0.39 is 5.97 Å². The first kappa shape index (κ1) is 15.5. The lowest BCUT2D eigenvalue weighted by Gasteiger charge is -2.26. The third-order valence-corrected chi connectivity index (χ3v) is 4.52. The van der Waals surface area contributed by atoms with Crippen LogP contribution in [0.5, 0.6) is 0 Å². The molecule has 0 unspecified atom stereocenters. The third-order valence-electron chi connectivity index (χ3n) is 4.52. The fourth-order valence-electron chi connectivity index (χ4n) is 3.23. The van der Waals surface area contributed by atoms with Crippen molar-refractivity contribution in [1.29, 1.82) is 0 Å². The van der Waals surface area contributed by atoms with E-state index in [0.717, 1.165) is 36.9 Å². The van der Waals surface area contributed by atoms with Crippen LogP contribution >= 0.6 is 0 Å². The maximum atomic E-state index is 12.2. The summed E-state index contributed by atoms with van der Waals surface area (Å²) in [6.07, 6.45) is 4.09. The lowest BCUT2D eigenvalue weighted by atomic mass is 9.79. The van der Waals surface area contributed by atoms with Gasteiger partial charge in [0.2, 0.25) is 5.91 Å². The predicted molar refractivity (Wildman–Crippen MR) is 82.3 cm³/mol. The number of nitrogens with one attached hydrogen (secondary N) is 1. The molecular weight excluding hydrogens is 266 g/mol. The minimum atomic E-state index is -0.809. The number of hydrogen-bond acceptors (Lipinski definition) is 2. The van der Waals surface area contributed by atoms with Crippen molar-refractivity contribution < 1.29 is 14.7 Å². The minimum absolute atomic E-state index is 0.0820. The first-order chi connectivity index (χ1) is 9.90. The molecule has 2 N–H and O–H groups in total. The van der Waals surface area contributed by atoms with Crippen LogP contribution < -0.4 is 5.32 Å². The second-order valence-electron chi connectivity index (χ2n) is 6.30. The first-order valence-corrected chi connectivity index (χ1v) is 7.49. The van der Waals surface area contributed by atoms with E-state index in [1.807, 2.05) is 32.0 Å². The maximum absolute atomic E-state index is 12.2. The van der Waals surface area contributed by atoms with Crippen molar-refractivity contribution in [3.63, 3.8) is 0 Å². The Labute approximate surface area is 125 Å². The van der Waals surface area contributed by atoms with Gasteiger partial charge in [-0.1, -0.05) is 18.9 Å². The molecule has 1 aromatic carbocycles. The number of carboxylic acid groups (broad SMARTS) is 1. The molecule has 1 aliphatic carbocycles. The average Bonchev–Trinajstić information content (AvgIpc) is 2.80. The summed E-state index contributed by atoms with van der Waals surface area (Å²) in [5, 5.41) is 12.0. The summed E-state index contributed by atoms with van der Waals surface area (Å²) in [4.78, 5) is 23.3. The summed E-state index contributed by atoms with van der Waals surface area (Å²) in [5.41, 5.74) is 2.75. The quantitative estimate of drug-likeness (QED) is 0.869. The van der Waals surface area contributed by atoms with Crippen LogP contribution in [0.3, 0.4) is 0 Å². The van der Waals surface area contributed by atoms with Crippen LogP contribution in [-0.4, -0.2) is 17.0 Å². The molecule has 4 nitrogen and oxygen atoms in total. The molecule has 1 saturated carbocycles. The van der Waals surface area contributed by atoms with Gasteiger partial charge in [0.1, 0.15) is 0 Å². The summed E-state index contributed by atoms with van der Waals surface area (Å²) < 4.78 is 0. The third kappa shape index (κ3) is 4.06. The molecule has 0 bridgehead atoms. The van der Waals surface area contributed by atoms with Crippen LogP contribution in [0.15, 0.2) is 18.2 Å². The largest absolute Gasteiger partial charge is 0.481 e. The smallest absolute Gasteiger partial charge is 0.303 e. The molecule has 0 aliphatic heterocycles. The molecule has 1 fully saturated rings. The summed E-state index contributed by atoms with van der Waals surface area (Å²) in [6, 6.07) is 5.82. The number of amides is 1. The highest BCUT2D eigenvalue weighted by Gasteiger charge is 2.37. The SMILES string of the molecule is Cc1ccc(NC(=O)CC2(CC(=O)O)CCCC2)cc1C. The minimum Gasteiger partial charge on any atom is -0.481 e. The van der Waals surface area contributed by atoms with Crippen molar-refractivity contribution in [1.82, 2.24) is 0 Å². The van der Waals surface area contributed by atoms with Gasteiger partial charge in [0.05, 0.1) is 6.42 Å². The Balaban J connectivity index is 2.02. The number of carbonyl (C=O) groups excluding carboxylic acids is 1. The monoisotopic (exact) mass is 289 g/mol. The first-order valence-electron chi connectivity index (χ1n) is 7.49. The molecular formula is C17H23NO3. The van der Waals surface area contributed by atoms with E-state index in [1.165, 1.54) is 5.56 Å². The highest BCUT2D eigenvalue weighted by molar-refractivity contribution is 5.91. The molecule has 114 valence electrons. The Morgan fingerprint density at radius 2 is 1.81 bits per heavy atom. The maximum Gasteiger partial charge on any atom is 0.303 e. The highest BCUT2D eigenvalue weighted by Crippen LogP contribution is 2.44. The van der Waals surface area contributed by atoms with Crippen molar-refractivity contribution in [3.05, 3.63) is 29.3 Å². The normalized spacial score (nSPS) is 16.7. The van der Waals surface area contributed by atoms with Gasteiger partial charge in [-0.3, -0.25) is 9.59 Å². The average molecular weight is 289 g/mol. The Hall–Kier alpha value is -1.84. The Bertz CT molecular complexity index is 545. The molecule has 0 radical (unpaired) electrons. The van der Waals surface area contributed by atoms with E-state index in [1.54, 1.807) is 0 Å². The second kappa shape index (κ2) is 6.29. The van der Waals surface area contributed by atoms with Crippen LogP contribution in [0.4, 0.5) is 5.69 Å². The van der Waals surface area contributed by atoms with Gasteiger partial charge in [0, 0.05) is 12.1 Å². The Morgan fingerprint density at radius 3 is 2.38 bits per heavy atom. The van der Waals surface area contributed by atoms with E-state index >= 15 is 0 Å². The van der Waals surface area contributed by atoms with Crippen molar-refractivity contribution in [3.8, 4) is 0 Å². The topological polar surface area (TPSA) is 66.4 Å². The van der Waals surface area contributed by atoms with Crippen molar-refractivity contribution in [2.24, 2.45) is 5.41 Å². The van der Waals surface area contributed by atoms with Crippen LogP contribution in [0.1, 0.15) is 49.7 Å². The summed E-state index contributed by atoms with van der Waals surface area (Å²) in [6.45, 7) is 4.04. The molecule has 0 spiro atoms. The summed E-state index contributed by atoms with van der Waals surface area (Å²) >= 11 is 0. The van der Waals surface area contributed by atoms with Crippen molar-refractivity contribution in [2.45, 2.75) is 52.4 Å². The van der Waals surface area contributed by atoms with Gasteiger partial charge in [-0.25, -0.2) is 0 Å². The van der Waals surface area contributed by atoms with Crippen LogP contribution in [0.25, 0.3) is 0 Å². The number of carboxylic acids is 1. The van der Waals surface area contributed by atoms with E-state index in [2.05, 4.69) is 5.32 Å². The highest BCUT2D eigenvalue weighted by atomic mass is 16.4. The fourth-order valence-corrected chi connectivity index (χ4v) is 3.23. The number of anilines is 1. The molecule has 2 rings (SSSR count). The molecule has 1 aromatic rings. The zero-order valence-corrected chi connectivity index (χ0v) is 12.7. The Kier molecular flexibility index (Phi) is 4.66. The lowest BCUT2D eigenvalue weighted by molar-refractivity contribution is -0.140. The van der Waals surface area contributed by atoms with Gasteiger partial charge in [0.15, 0.2) is 0 Å². The Morgan fingerprint density at radius 1 is 1.14 bits per heavy atom. The van der Waals surface area contributed by atoms with Gasteiger partial charge in [-0.15, -0.1) is 0 Å². The van der Waals surface area contributed by atoms with Crippen LogP contribution in [0.2, 0.25) is 0 Å². The van der Waals surface area contributed by atoms with Crippen LogP contribution in [-0.2, 0) is 9.59 Å². The van der Waals surface area contributed by atoms with E-state index in [-0.39, 0.29) is 17.7 Å². The van der Waals surface area contributed by atoms with Gasteiger partial charge in [0.25, 0.3) is 0 Å². The molecule has 0 heterocycles. The number of carbonyl (C=O) groups is 2. The number of aryl methyl sites for hydroxylation is 2. The number of hydrogen-bond donors (Lipinski definition) is 2. The standard InChI is InChI=1S/C17H23NO3/c1-12-5-6-14(9-13(12)2)18-15(19)10-17(11-16(20)21)7-3-4-8-17/h5-6,9H,3-4,7-8,10-11H2,1-2H3,(H,18,19)(H,20,21). The fraction of sp³-hybridized carbons (Fsp3) is 0.529. The lowest BCUT2D eigenvalue weighted by Crippen LogP contribution is -2.27. The molecule has 4 heteroatoms.